The second-order valence-electron chi connectivity index (χ2n) is 5.30. The molecular formula is C16H22ClNO3. The number of halogens is 1. The van der Waals surface area contributed by atoms with Gasteiger partial charge in [-0.15, -0.1) is 0 Å². The van der Waals surface area contributed by atoms with Crippen LogP contribution in [-0.2, 0) is 16.1 Å². The second-order valence-corrected chi connectivity index (χ2v) is 5.73. The molecule has 0 aromatic heterocycles. The van der Waals surface area contributed by atoms with E-state index in [1.54, 1.807) is 13.2 Å². The minimum atomic E-state index is 0.0360. The van der Waals surface area contributed by atoms with E-state index in [-0.39, 0.29) is 17.9 Å². The molecule has 2 rings (SSSR count). The Morgan fingerprint density at radius 2 is 2.33 bits per heavy atom. The Bertz CT molecular complexity index is 492. The lowest BCUT2D eigenvalue weighted by Crippen LogP contribution is -2.36. The summed E-state index contributed by atoms with van der Waals surface area (Å²) in [6.07, 6.45) is 2.74. The molecule has 116 valence electrons. The number of nitrogens with one attached hydrogen (secondary N) is 1. The Morgan fingerprint density at radius 3 is 3.05 bits per heavy atom. The number of methoxy groups -OCH3 is 1. The van der Waals surface area contributed by atoms with Crippen LogP contribution in [0.4, 0.5) is 0 Å². The lowest BCUT2D eigenvalue weighted by Gasteiger charge is -2.28. The molecule has 1 fully saturated rings. The molecule has 21 heavy (non-hydrogen) atoms. The van der Waals surface area contributed by atoms with Gasteiger partial charge in [-0.05, 0) is 37.5 Å². The summed E-state index contributed by atoms with van der Waals surface area (Å²) in [7, 11) is 1.61. The van der Waals surface area contributed by atoms with Crippen LogP contribution in [0.5, 0.6) is 5.75 Å². The first-order chi connectivity index (χ1) is 10.1. The van der Waals surface area contributed by atoms with Crippen molar-refractivity contribution in [1.29, 1.82) is 0 Å². The van der Waals surface area contributed by atoms with Gasteiger partial charge in [0.1, 0.15) is 5.75 Å². The summed E-state index contributed by atoms with van der Waals surface area (Å²) in [5, 5.41) is 3.62. The number of hydrogen-bond acceptors (Lipinski definition) is 3. The number of hydrogen-bond donors (Lipinski definition) is 1. The SMILES string of the molecule is CC[C@@H]1C[C@H](C(=O)NCc2cc(Cl)ccc2OC)CCO1. The van der Waals surface area contributed by atoms with Gasteiger partial charge in [-0.1, -0.05) is 18.5 Å². The first-order valence-corrected chi connectivity index (χ1v) is 7.73. The van der Waals surface area contributed by atoms with Gasteiger partial charge >= 0.3 is 0 Å². The summed E-state index contributed by atoms with van der Waals surface area (Å²) in [5.41, 5.74) is 0.887. The maximum atomic E-state index is 12.3. The molecule has 0 bridgehead atoms. The molecule has 0 spiro atoms. The largest absolute Gasteiger partial charge is 0.496 e. The van der Waals surface area contributed by atoms with Crippen molar-refractivity contribution in [3.05, 3.63) is 28.8 Å². The van der Waals surface area contributed by atoms with E-state index in [1.807, 2.05) is 12.1 Å². The van der Waals surface area contributed by atoms with Crippen LogP contribution in [-0.4, -0.2) is 25.7 Å². The molecule has 1 N–H and O–H groups in total. The first kappa shape index (κ1) is 16.1. The molecule has 1 aliphatic heterocycles. The molecule has 0 saturated carbocycles. The molecule has 0 unspecified atom stereocenters. The molecule has 1 aromatic carbocycles. The highest BCUT2D eigenvalue weighted by atomic mass is 35.5. The zero-order chi connectivity index (χ0) is 15.2. The lowest BCUT2D eigenvalue weighted by molar-refractivity contribution is -0.130. The molecule has 1 amide bonds. The van der Waals surface area contributed by atoms with E-state index in [4.69, 9.17) is 21.1 Å². The van der Waals surface area contributed by atoms with E-state index >= 15 is 0 Å². The molecule has 0 radical (unpaired) electrons. The van der Waals surface area contributed by atoms with Crippen molar-refractivity contribution in [3.8, 4) is 5.75 Å². The van der Waals surface area contributed by atoms with E-state index in [0.29, 0.717) is 18.2 Å². The van der Waals surface area contributed by atoms with Crippen LogP contribution < -0.4 is 10.1 Å². The standard InChI is InChI=1S/C16H22ClNO3/c1-3-14-9-11(6-7-21-14)16(19)18-10-12-8-13(17)4-5-15(12)20-2/h4-5,8,11,14H,3,6-7,9-10H2,1-2H3,(H,18,19)/t11-,14-/m1/s1. The van der Waals surface area contributed by atoms with Crippen molar-refractivity contribution in [3.63, 3.8) is 0 Å². The summed E-state index contributed by atoms with van der Waals surface area (Å²) in [5.74, 6) is 0.853. The van der Waals surface area contributed by atoms with Crippen molar-refractivity contribution < 1.29 is 14.3 Å². The minimum absolute atomic E-state index is 0.0360. The number of benzene rings is 1. The van der Waals surface area contributed by atoms with Gasteiger partial charge < -0.3 is 14.8 Å². The van der Waals surface area contributed by atoms with Gasteiger partial charge in [0.15, 0.2) is 0 Å². The average Bonchev–Trinajstić information content (AvgIpc) is 2.52. The van der Waals surface area contributed by atoms with E-state index < -0.39 is 0 Å². The molecule has 1 aliphatic rings. The predicted molar refractivity (Wildman–Crippen MR) is 82.6 cm³/mol. The average molecular weight is 312 g/mol. The van der Waals surface area contributed by atoms with E-state index in [1.165, 1.54) is 0 Å². The highest BCUT2D eigenvalue weighted by Crippen LogP contribution is 2.24. The highest BCUT2D eigenvalue weighted by molar-refractivity contribution is 6.30. The Hall–Kier alpha value is -1.26. The summed E-state index contributed by atoms with van der Waals surface area (Å²) in [6, 6.07) is 5.40. The second kappa shape index (κ2) is 7.66. The quantitative estimate of drug-likeness (QED) is 0.908. The molecule has 1 saturated heterocycles. The van der Waals surface area contributed by atoms with Crippen LogP contribution in [0.2, 0.25) is 5.02 Å². The predicted octanol–water partition coefficient (Wildman–Crippen LogP) is 3.17. The molecule has 1 aromatic rings. The number of carbonyl (C=O) groups excluding carboxylic acids is 1. The third-order valence-electron chi connectivity index (χ3n) is 3.89. The van der Waals surface area contributed by atoms with Gasteiger partial charge in [0.2, 0.25) is 5.91 Å². The first-order valence-electron chi connectivity index (χ1n) is 7.35. The third kappa shape index (κ3) is 4.35. The Balaban J connectivity index is 1.93. The van der Waals surface area contributed by atoms with Gasteiger partial charge in [0.25, 0.3) is 0 Å². The van der Waals surface area contributed by atoms with Crippen LogP contribution in [0, 0.1) is 5.92 Å². The van der Waals surface area contributed by atoms with Gasteiger partial charge in [-0.3, -0.25) is 4.79 Å². The Morgan fingerprint density at radius 1 is 1.52 bits per heavy atom. The van der Waals surface area contributed by atoms with Crippen LogP contribution in [0.1, 0.15) is 31.7 Å². The number of carbonyl (C=O) groups is 1. The zero-order valence-corrected chi connectivity index (χ0v) is 13.3. The van der Waals surface area contributed by atoms with Gasteiger partial charge in [0.05, 0.1) is 13.2 Å². The molecule has 5 heteroatoms. The van der Waals surface area contributed by atoms with Crippen molar-refractivity contribution in [2.24, 2.45) is 5.92 Å². The van der Waals surface area contributed by atoms with Crippen molar-refractivity contribution in [2.45, 2.75) is 38.8 Å². The van der Waals surface area contributed by atoms with E-state index in [0.717, 1.165) is 30.6 Å². The molecule has 2 atom stereocenters. The lowest BCUT2D eigenvalue weighted by atomic mass is 9.93. The van der Waals surface area contributed by atoms with Crippen molar-refractivity contribution in [2.75, 3.05) is 13.7 Å². The summed E-state index contributed by atoms with van der Waals surface area (Å²) in [6.45, 7) is 3.18. The maximum absolute atomic E-state index is 12.3. The normalized spacial score (nSPS) is 21.9. The van der Waals surface area contributed by atoms with E-state index in [9.17, 15) is 4.79 Å². The molecule has 4 nitrogen and oxygen atoms in total. The monoisotopic (exact) mass is 311 g/mol. The minimum Gasteiger partial charge on any atom is -0.496 e. The molecule has 0 aliphatic carbocycles. The van der Waals surface area contributed by atoms with Crippen molar-refractivity contribution in [1.82, 2.24) is 5.32 Å². The summed E-state index contributed by atoms with van der Waals surface area (Å²) in [4.78, 5) is 12.3. The van der Waals surface area contributed by atoms with Crippen LogP contribution in [0.25, 0.3) is 0 Å². The fourth-order valence-electron chi connectivity index (χ4n) is 2.61. The smallest absolute Gasteiger partial charge is 0.223 e. The van der Waals surface area contributed by atoms with Gasteiger partial charge in [0, 0.05) is 29.7 Å². The fraction of sp³-hybridized carbons (Fsp3) is 0.562. The third-order valence-corrected chi connectivity index (χ3v) is 4.12. The molecule has 1 heterocycles. The van der Waals surface area contributed by atoms with Crippen LogP contribution in [0.3, 0.4) is 0 Å². The summed E-state index contributed by atoms with van der Waals surface area (Å²) < 4.78 is 10.9. The maximum Gasteiger partial charge on any atom is 0.223 e. The number of ether oxygens (including phenoxy) is 2. The van der Waals surface area contributed by atoms with Gasteiger partial charge in [-0.25, -0.2) is 0 Å². The summed E-state index contributed by atoms with van der Waals surface area (Å²) >= 11 is 5.99. The van der Waals surface area contributed by atoms with E-state index in [2.05, 4.69) is 12.2 Å². The van der Waals surface area contributed by atoms with Crippen LogP contribution in [0.15, 0.2) is 18.2 Å². The molecular weight excluding hydrogens is 290 g/mol. The fourth-order valence-corrected chi connectivity index (χ4v) is 2.81. The Kier molecular flexibility index (Phi) is 5.88. The highest BCUT2D eigenvalue weighted by Gasteiger charge is 2.26. The van der Waals surface area contributed by atoms with Crippen molar-refractivity contribution >= 4 is 17.5 Å². The zero-order valence-electron chi connectivity index (χ0n) is 12.5. The van der Waals surface area contributed by atoms with Gasteiger partial charge in [-0.2, -0.15) is 0 Å². The Labute approximate surface area is 130 Å². The number of rotatable bonds is 5. The van der Waals surface area contributed by atoms with Crippen LogP contribution >= 0.6 is 11.6 Å². The topological polar surface area (TPSA) is 47.6 Å². The number of amides is 1.